The molecule has 8 nitrogen and oxygen atoms in total. The van der Waals surface area contributed by atoms with Gasteiger partial charge in [0, 0.05) is 30.8 Å². The Kier molecular flexibility index (Phi) is 9.33. The summed E-state index contributed by atoms with van der Waals surface area (Å²) in [6.07, 6.45) is 0.263. The molecule has 204 valence electrons. The molecule has 8 heteroatoms. The van der Waals surface area contributed by atoms with Crippen LogP contribution in [0.4, 0.5) is 5.69 Å². The van der Waals surface area contributed by atoms with Gasteiger partial charge in [-0.25, -0.2) is 0 Å². The molecule has 0 fully saturated rings. The van der Waals surface area contributed by atoms with Crippen LogP contribution in [-0.2, 0) is 11.2 Å². The highest BCUT2D eigenvalue weighted by Gasteiger charge is 2.12. The molecule has 4 rings (SSSR count). The number of rotatable bonds is 12. The second kappa shape index (κ2) is 13.1. The van der Waals surface area contributed by atoms with Crippen LogP contribution in [-0.4, -0.2) is 54.3 Å². The number of hydrogen-bond donors (Lipinski definition) is 1. The average Bonchev–Trinajstić information content (AvgIpc) is 3.38. The highest BCUT2D eigenvalue weighted by molar-refractivity contribution is 5.92. The first-order valence-electron chi connectivity index (χ1n) is 13.2. The fourth-order valence-corrected chi connectivity index (χ4v) is 4.43. The normalized spacial score (nSPS) is 11.0. The lowest BCUT2D eigenvalue weighted by atomic mass is 9.97. The Morgan fingerprint density at radius 1 is 0.949 bits per heavy atom. The van der Waals surface area contributed by atoms with Crippen molar-refractivity contribution in [3.8, 4) is 34.0 Å². The van der Waals surface area contributed by atoms with Crippen LogP contribution in [0.15, 0.2) is 65.2 Å². The molecule has 3 aromatic carbocycles. The van der Waals surface area contributed by atoms with E-state index < -0.39 is 0 Å². The predicted molar refractivity (Wildman–Crippen MR) is 153 cm³/mol. The van der Waals surface area contributed by atoms with E-state index in [4.69, 9.17) is 14.0 Å². The summed E-state index contributed by atoms with van der Waals surface area (Å²) in [7, 11) is 1.61. The third-order valence-electron chi connectivity index (χ3n) is 6.65. The number of nitrogens with one attached hydrogen (secondary N) is 1. The largest absolute Gasteiger partial charge is 0.493 e. The zero-order valence-corrected chi connectivity index (χ0v) is 23.3. The number of likely N-dealkylation sites (N-methyl/N-ethyl adjacent to an activating group) is 1. The topological polar surface area (TPSA) is 89.7 Å². The molecule has 0 spiro atoms. The molecule has 1 aromatic heterocycles. The van der Waals surface area contributed by atoms with Crippen LogP contribution in [0, 0.1) is 13.8 Å². The van der Waals surface area contributed by atoms with E-state index in [1.807, 2.05) is 48.5 Å². The molecule has 0 saturated heterocycles. The van der Waals surface area contributed by atoms with Crippen LogP contribution in [0.1, 0.15) is 30.9 Å². The quantitative estimate of drug-likeness (QED) is 0.244. The van der Waals surface area contributed by atoms with Crippen LogP contribution in [0.3, 0.4) is 0 Å². The fourth-order valence-electron chi connectivity index (χ4n) is 4.43. The average molecular weight is 529 g/mol. The number of ether oxygens (including phenoxy) is 2. The number of nitrogens with zero attached hydrogens (tertiary/aromatic N) is 3. The van der Waals surface area contributed by atoms with Crippen molar-refractivity contribution >= 4 is 11.6 Å². The van der Waals surface area contributed by atoms with Gasteiger partial charge >= 0.3 is 0 Å². The number of hydrogen-bond acceptors (Lipinski definition) is 7. The van der Waals surface area contributed by atoms with E-state index in [9.17, 15) is 4.79 Å². The summed E-state index contributed by atoms with van der Waals surface area (Å²) in [5, 5.41) is 6.98. The maximum atomic E-state index is 12.8. The number of carbonyl (C=O) groups is 1. The molecule has 0 radical (unpaired) electrons. The van der Waals surface area contributed by atoms with Gasteiger partial charge in [-0.1, -0.05) is 55.4 Å². The maximum Gasteiger partial charge on any atom is 0.228 e. The summed E-state index contributed by atoms with van der Waals surface area (Å²) in [4.78, 5) is 19.4. The minimum Gasteiger partial charge on any atom is -0.493 e. The van der Waals surface area contributed by atoms with Gasteiger partial charge in [0.2, 0.25) is 17.6 Å². The SMILES string of the molecule is CCN(CC)CCOc1cc(NC(=O)Cc2ccc(-c3ccc(-c4noc(C)n4)cc3C)cc2)ccc1OC. The minimum absolute atomic E-state index is 0.0991. The summed E-state index contributed by atoms with van der Waals surface area (Å²) < 4.78 is 16.5. The molecule has 0 atom stereocenters. The summed E-state index contributed by atoms with van der Waals surface area (Å²) in [6, 6.07) is 19.6. The van der Waals surface area contributed by atoms with Crippen molar-refractivity contribution in [1.82, 2.24) is 15.0 Å². The Balaban J connectivity index is 1.37. The van der Waals surface area contributed by atoms with Crippen LogP contribution >= 0.6 is 0 Å². The van der Waals surface area contributed by atoms with Gasteiger partial charge in [-0.3, -0.25) is 4.79 Å². The number of carbonyl (C=O) groups excluding carboxylic acids is 1. The monoisotopic (exact) mass is 528 g/mol. The highest BCUT2D eigenvalue weighted by Crippen LogP contribution is 2.31. The zero-order chi connectivity index (χ0) is 27.8. The molecule has 0 aliphatic rings. The second-order valence-corrected chi connectivity index (χ2v) is 9.33. The predicted octanol–water partition coefficient (Wildman–Crippen LogP) is 5.93. The van der Waals surface area contributed by atoms with Gasteiger partial charge < -0.3 is 24.2 Å². The summed E-state index contributed by atoms with van der Waals surface area (Å²) in [6.45, 7) is 11.4. The summed E-state index contributed by atoms with van der Waals surface area (Å²) in [5.41, 5.74) is 5.81. The zero-order valence-electron chi connectivity index (χ0n) is 23.3. The van der Waals surface area contributed by atoms with Crippen molar-refractivity contribution in [3.05, 3.63) is 77.7 Å². The molecule has 1 amide bonds. The van der Waals surface area contributed by atoms with Gasteiger partial charge in [-0.15, -0.1) is 0 Å². The number of anilines is 1. The molecular weight excluding hydrogens is 492 g/mol. The maximum absolute atomic E-state index is 12.8. The molecule has 1 N–H and O–H groups in total. The number of methoxy groups -OCH3 is 1. The standard InChI is InChI=1S/C31H36N4O4/c1-6-35(7-2)16-17-38-29-20-26(13-15-28(29)37-5)33-30(36)19-23-8-10-24(11-9-23)27-14-12-25(18-21(27)3)31-32-22(4)39-34-31/h8-15,18,20H,6-7,16-17,19H2,1-5H3,(H,33,36). The van der Waals surface area contributed by atoms with Crippen molar-refractivity contribution in [2.75, 3.05) is 38.7 Å². The van der Waals surface area contributed by atoms with Gasteiger partial charge in [0.05, 0.1) is 13.5 Å². The Bertz CT molecular complexity index is 1390. The van der Waals surface area contributed by atoms with Gasteiger partial charge in [0.1, 0.15) is 6.61 Å². The first kappa shape index (κ1) is 27.9. The third kappa shape index (κ3) is 7.23. The fraction of sp³-hybridized carbons (Fsp3) is 0.323. The van der Waals surface area contributed by atoms with Crippen LogP contribution in [0.2, 0.25) is 0 Å². The van der Waals surface area contributed by atoms with E-state index in [2.05, 4.69) is 53.3 Å². The first-order valence-corrected chi connectivity index (χ1v) is 13.2. The summed E-state index contributed by atoms with van der Waals surface area (Å²) >= 11 is 0. The van der Waals surface area contributed by atoms with Crippen LogP contribution in [0.25, 0.3) is 22.5 Å². The van der Waals surface area contributed by atoms with Crippen molar-refractivity contribution in [2.24, 2.45) is 0 Å². The molecule has 39 heavy (non-hydrogen) atoms. The van der Waals surface area contributed by atoms with E-state index >= 15 is 0 Å². The molecule has 0 aliphatic carbocycles. The van der Waals surface area contributed by atoms with Crippen molar-refractivity contribution in [3.63, 3.8) is 0 Å². The summed E-state index contributed by atoms with van der Waals surface area (Å²) in [5.74, 6) is 2.27. The highest BCUT2D eigenvalue weighted by atomic mass is 16.5. The Morgan fingerprint density at radius 3 is 2.33 bits per heavy atom. The Labute approximate surface area is 230 Å². The van der Waals surface area contributed by atoms with Gasteiger partial charge in [-0.05, 0) is 60.5 Å². The van der Waals surface area contributed by atoms with Gasteiger partial charge in [0.15, 0.2) is 11.5 Å². The Morgan fingerprint density at radius 2 is 1.69 bits per heavy atom. The van der Waals surface area contributed by atoms with E-state index in [-0.39, 0.29) is 12.3 Å². The number of aryl methyl sites for hydroxylation is 2. The second-order valence-electron chi connectivity index (χ2n) is 9.33. The van der Waals surface area contributed by atoms with Crippen molar-refractivity contribution < 1.29 is 18.8 Å². The van der Waals surface area contributed by atoms with E-state index in [1.165, 1.54) is 0 Å². The number of benzene rings is 3. The molecular formula is C31H36N4O4. The molecule has 4 aromatic rings. The van der Waals surface area contributed by atoms with Crippen molar-refractivity contribution in [1.29, 1.82) is 0 Å². The first-order chi connectivity index (χ1) is 18.9. The van der Waals surface area contributed by atoms with Crippen LogP contribution in [0.5, 0.6) is 11.5 Å². The van der Waals surface area contributed by atoms with Crippen molar-refractivity contribution in [2.45, 2.75) is 34.1 Å². The van der Waals surface area contributed by atoms with Gasteiger partial charge in [-0.2, -0.15) is 4.98 Å². The van der Waals surface area contributed by atoms with Gasteiger partial charge in [0.25, 0.3) is 0 Å². The lowest BCUT2D eigenvalue weighted by molar-refractivity contribution is -0.115. The minimum atomic E-state index is -0.0991. The molecule has 0 unspecified atom stereocenters. The lowest BCUT2D eigenvalue weighted by Crippen LogP contribution is -2.28. The molecule has 1 heterocycles. The van der Waals surface area contributed by atoms with Crippen LogP contribution < -0.4 is 14.8 Å². The molecule has 0 bridgehead atoms. The molecule has 0 saturated carbocycles. The van der Waals surface area contributed by atoms with E-state index in [1.54, 1.807) is 14.0 Å². The van der Waals surface area contributed by atoms with E-state index in [0.29, 0.717) is 35.5 Å². The van der Waals surface area contributed by atoms with E-state index in [0.717, 1.165) is 47.5 Å². The molecule has 0 aliphatic heterocycles. The Hall–Kier alpha value is -4.17. The third-order valence-corrected chi connectivity index (χ3v) is 6.65. The number of amides is 1. The number of aromatic nitrogens is 2. The lowest BCUT2D eigenvalue weighted by Gasteiger charge is -2.19. The smallest absolute Gasteiger partial charge is 0.228 e.